The van der Waals surface area contributed by atoms with E-state index in [-0.39, 0.29) is 17.9 Å². The molecule has 1 amide bonds. The van der Waals surface area contributed by atoms with Crippen LogP contribution in [0.1, 0.15) is 30.1 Å². The summed E-state index contributed by atoms with van der Waals surface area (Å²) >= 11 is 6.24. The van der Waals surface area contributed by atoms with E-state index in [1.165, 1.54) is 0 Å². The first-order valence-electron chi connectivity index (χ1n) is 9.88. The second-order valence-electron chi connectivity index (χ2n) is 7.67. The highest BCUT2D eigenvalue weighted by Crippen LogP contribution is 2.25. The number of carbonyl (C=O) groups is 1. The van der Waals surface area contributed by atoms with Crippen LogP contribution in [-0.2, 0) is 16.1 Å². The second kappa shape index (κ2) is 8.13. The van der Waals surface area contributed by atoms with Crippen LogP contribution in [0.2, 0.25) is 5.02 Å². The minimum Gasteiger partial charge on any atom is -0.368 e. The van der Waals surface area contributed by atoms with E-state index in [1.54, 1.807) is 0 Å². The van der Waals surface area contributed by atoms with Gasteiger partial charge in [0.15, 0.2) is 0 Å². The third-order valence-electron chi connectivity index (χ3n) is 5.52. The number of aryl methyl sites for hydroxylation is 1. The normalized spacial score (nSPS) is 18.2. The van der Waals surface area contributed by atoms with Crippen LogP contribution in [0.15, 0.2) is 36.5 Å². The van der Waals surface area contributed by atoms with Gasteiger partial charge in [0.05, 0.1) is 47.7 Å². The molecule has 2 atom stereocenters. The van der Waals surface area contributed by atoms with Crippen LogP contribution in [-0.4, -0.2) is 45.3 Å². The summed E-state index contributed by atoms with van der Waals surface area (Å²) in [6, 6.07) is 10.2. The van der Waals surface area contributed by atoms with E-state index in [4.69, 9.17) is 16.3 Å². The van der Waals surface area contributed by atoms with Crippen molar-refractivity contribution in [2.24, 2.45) is 5.92 Å². The maximum absolute atomic E-state index is 13.1. The Kier molecular flexibility index (Phi) is 5.56. The zero-order chi connectivity index (χ0) is 20.5. The fourth-order valence-electron chi connectivity index (χ4n) is 3.81. The summed E-state index contributed by atoms with van der Waals surface area (Å²) in [6.07, 6.45) is 1.65. The number of morpholine rings is 1. The van der Waals surface area contributed by atoms with Gasteiger partial charge in [0.1, 0.15) is 6.10 Å². The number of amides is 1. The Morgan fingerprint density at radius 1 is 1.31 bits per heavy atom. The average Bonchev–Trinajstić information content (AvgIpc) is 2.99. The quantitative estimate of drug-likeness (QED) is 0.651. The molecule has 1 saturated heterocycles. The molecular formula is C22H25ClN4O2. The minimum absolute atomic E-state index is 0.0998. The number of nitrogens with zero attached hydrogens (tertiary/aromatic N) is 4. The lowest BCUT2D eigenvalue weighted by atomic mass is 10.1. The molecule has 2 aromatic heterocycles. The van der Waals surface area contributed by atoms with Crippen molar-refractivity contribution in [1.29, 1.82) is 0 Å². The van der Waals surface area contributed by atoms with Crippen molar-refractivity contribution in [3.63, 3.8) is 0 Å². The van der Waals surface area contributed by atoms with Crippen LogP contribution in [0.3, 0.4) is 0 Å². The molecular weight excluding hydrogens is 388 g/mol. The largest absolute Gasteiger partial charge is 0.368 e. The van der Waals surface area contributed by atoms with Gasteiger partial charge in [-0.05, 0) is 25.3 Å². The Balaban J connectivity index is 1.46. The predicted octanol–water partition coefficient (Wildman–Crippen LogP) is 3.94. The zero-order valence-corrected chi connectivity index (χ0v) is 17.7. The smallest absolute Gasteiger partial charge is 0.227 e. The van der Waals surface area contributed by atoms with E-state index in [2.05, 4.69) is 22.2 Å². The maximum atomic E-state index is 13.1. The van der Waals surface area contributed by atoms with Gasteiger partial charge in [0, 0.05) is 18.1 Å². The molecule has 6 nitrogen and oxygen atoms in total. The van der Waals surface area contributed by atoms with Crippen LogP contribution in [0, 0.1) is 19.8 Å². The molecule has 1 aliphatic rings. The van der Waals surface area contributed by atoms with E-state index in [9.17, 15) is 4.79 Å². The number of aromatic nitrogens is 3. The first kappa shape index (κ1) is 19.9. The van der Waals surface area contributed by atoms with Gasteiger partial charge in [-0.2, -0.15) is 5.10 Å². The molecule has 0 radical (unpaired) electrons. The molecule has 152 valence electrons. The maximum Gasteiger partial charge on any atom is 0.227 e. The van der Waals surface area contributed by atoms with Crippen molar-refractivity contribution < 1.29 is 9.53 Å². The lowest BCUT2D eigenvalue weighted by molar-refractivity contribution is -0.143. The van der Waals surface area contributed by atoms with Gasteiger partial charge in [-0.1, -0.05) is 42.8 Å². The summed E-state index contributed by atoms with van der Waals surface area (Å²) < 4.78 is 7.76. The molecule has 0 bridgehead atoms. The van der Waals surface area contributed by atoms with Gasteiger partial charge in [0.2, 0.25) is 5.91 Å². The van der Waals surface area contributed by atoms with E-state index in [0.717, 1.165) is 27.9 Å². The van der Waals surface area contributed by atoms with Crippen LogP contribution < -0.4 is 0 Å². The summed E-state index contributed by atoms with van der Waals surface area (Å²) in [4.78, 5) is 19.5. The lowest BCUT2D eigenvalue weighted by Crippen LogP contribution is -2.45. The molecule has 0 aliphatic carbocycles. The highest BCUT2D eigenvalue weighted by Gasteiger charge is 2.29. The Labute approximate surface area is 175 Å². The van der Waals surface area contributed by atoms with E-state index in [1.807, 2.05) is 54.7 Å². The van der Waals surface area contributed by atoms with Crippen molar-refractivity contribution in [2.45, 2.75) is 33.4 Å². The molecule has 0 unspecified atom stereocenters. The van der Waals surface area contributed by atoms with Gasteiger partial charge in [-0.3, -0.25) is 14.5 Å². The summed E-state index contributed by atoms with van der Waals surface area (Å²) in [5.41, 5.74) is 2.54. The van der Waals surface area contributed by atoms with Crippen LogP contribution in [0.5, 0.6) is 0 Å². The highest BCUT2D eigenvalue weighted by atomic mass is 35.5. The standard InChI is InChI=1S/C22H25ClN4O2/c1-14(12-27-16(3)21(23)15(2)25-27)22(28)26-8-9-29-20(13-26)19-10-17-6-4-5-7-18(17)11-24-19/h4-7,10-11,14,20H,8-9,12-13H2,1-3H3/t14-,20+/m0/s1. The number of carbonyl (C=O) groups excluding carboxylic acids is 1. The Morgan fingerprint density at radius 3 is 2.79 bits per heavy atom. The number of hydrogen-bond acceptors (Lipinski definition) is 4. The Morgan fingerprint density at radius 2 is 2.07 bits per heavy atom. The number of halogens is 1. The van der Waals surface area contributed by atoms with E-state index in [0.29, 0.717) is 31.3 Å². The Hall–Kier alpha value is -2.44. The van der Waals surface area contributed by atoms with Gasteiger partial charge < -0.3 is 9.64 Å². The number of rotatable bonds is 4. The third kappa shape index (κ3) is 4.00. The molecule has 0 N–H and O–H groups in total. The predicted molar refractivity (Wildman–Crippen MR) is 113 cm³/mol. The summed E-state index contributed by atoms with van der Waals surface area (Å²) in [7, 11) is 0. The van der Waals surface area contributed by atoms with Crippen LogP contribution >= 0.6 is 11.6 Å². The topological polar surface area (TPSA) is 60.2 Å². The van der Waals surface area contributed by atoms with Crippen molar-refractivity contribution in [3.8, 4) is 0 Å². The molecule has 1 fully saturated rings. The second-order valence-corrected chi connectivity index (χ2v) is 8.05. The number of benzene rings is 1. The third-order valence-corrected chi connectivity index (χ3v) is 6.07. The molecule has 29 heavy (non-hydrogen) atoms. The van der Waals surface area contributed by atoms with Crippen LogP contribution in [0.4, 0.5) is 0 Å². The molecule has 4 rings (SSSR count). The fraction of sp³-hybridized carbons (Fsp3) is 0.409. The number of ether oxygens (including phenoxy) is 1. The van der Waals surface area contributed by atoms with Gasteiger partial charge >= 0.3 is 0 Å². The van der Waals surface area contributed by atoms with Crippen LogP contribution in [0.25, 0.3) is 10.8 Å². The van der Waals surface area contributed by atoms with Gasteiger partial charge in [-0.15, -0.1) is 0 Å². The van der Waals surface area contributed by atoms with Crippen molar-refractivity contribution in [2.75, 3.05) is 19.7 Å². The van der Waals surface area contributed by atoms with Crippen molar-refractivity contribution >= 4 is 28.3 Å². The highest BCUT2D eigenvalue weighted by molar-refractivity contribution is 6.31. The molecule has 7 heteroatoms. The van der Waals surface area contributed by atoms with Gasteiger partial charge in [0.25, 0.3) is 0 Å². The van der Waals surface area contributed by atoms with E-state index < -0.39 is 0 Å². The molecule has 0 spiro atoms. The zero-order valence-electron chi connectivity index (χ0n) is 16.9. The van der Waals surface area contributed by atoms with Crippen molar-refractivity contribution in [1.82, 2.24) is 19.7 Å². The SMILES string of the molecule is Cc1nn(C[C@H](C)C(=O)N2CCO[C@@H](c3cc4ccccc4cn3)C2)c(C)c1Cl. The first-order chi connectivity index (χ1) is 13.9. The summed E-state index contributed by atoms with van der Waals surface area (Å²) in [6.45, 7) is 7.85. The van der Waals surface area contributed by atoms with Crippen molar-refractivity contribution in [3.05, 3.63) is 58.6 Å². The lowest BCUT2D eigenvalue weighted by Gasteiger charge is -2.34. The molecule has 3 heterocycles. The number of fused-ring (bicyclic) bond motifs is 1. The summed E-state index contributed by atoms with van der Waals surface area (Å²) in [5.74, 6) is -0.102. The van der Waals surface area contributed by atoms with E-state index >= 15 is 0 Å². The number of pyridine rings is 1. The molecule has 1 aliphatic heterocycles. The fourth-order valence-corrected chi connectivity index (χ4v) is 3.94. The average molecular weight is 413 g/mol. The van der Waals surface area contributed by atoms with Gasteiger partial charge in [-0.25, -0.2) is 0 Å². The molecule has 0 saturated carbocycles. The first-order valence-corrected chi connectivity index (χ1v) is 10.3. The summed E-state index contributed by atoms with van der Waals surface area (Å²) in [5, 5.41) is 7.33. The molecule has 3 aromatic rings. The number of hydrogen-bond donors (Lipinski definition) is 0. The molecule has 1 aromatic carbocycles. The minimum atomic E-state index is -0.215. The monoisotopic (exact) mass is 412 g/mol. The Bertz CT molecular complexity index is 1050.